The molecule has 1 unspecified atom stereocenters. The molecule has 5 nitrogen and oxygen atoms in total. The number of aromatic nitrogens is 1. The minimum Gasteiger partial charge on any atom is -0.378 e. The molecule has 19 heavy (non-hydrogen) atoms. The molecule has 1 atom stereocenters. The Morgan fingerprint density at radius 1 is 1.32 bits per heavy atom. The summed E-state index contributed by atoms with van der Waals surface area (Å²) >= 11 is 0. The van der Waals surface area contributed by atoms with Gasteiger partial charge < -0.3 is 19.9 Å². The van der Waals surface area contributed by atoms with Crippen molar-refractivity contribution in [2.24, 2.45) is 4.99 Å². The Hall–Kier alpha value is -1.49. The summed E-state index contributed by atoms with van der Waals surface area (Å²) in [7, 11) is 1.80. The zero-order valence-corrected chi connectivity index (χ0v) is 11.6. The van der Waals surface area contributed by atoms with Crippen molar-refractivity contribution in [3.05, 3.63) is 24.5 Å². The first-order valence-corrected chi connectivity index (χ1v) is 7.05. The summed E-state index contributed by atoms with van der Waals surface area (Å²) in [6.07, 6.45) is 8.02. The summed E-state index contributed by atoms with van der Waals surface area (Å²) in [5.41, 5.74) is 0. The quantitative estimate of drug-likeness (QED) is 0.600. The van der Waals surface area contributed by atoms with Crippen molar-refractivity contribution in [1.82, 2.24) is 15.2 Å². The molecule has 0 amide bonds. The topological polar surface area (TPSA) is 50.6 Å². The predicted octanol–water partition coefficient (Wildman–Crippen LogP) is 1.22. The van der Waals surface area contributed by atoms with Crippen LogP contribution >= 0.6 is 0 Å². The van der Waals surface area contributed by atoms with Crippen LogP contribution in [0.5, 0.6) is 0 Å². The zero-order valence-electron chi connectivity index (χ0n) is 11.6. The number of rotatable bonds is 6. The Morgan fingerprint density at radius 2 is 2.11 bits per heavy atom. The van der Waals surface area contributed by atoms with Gasteiger partial charge in [0.2, 0.25) is 0 Å². The molecule has 1 aliphatic rings. The van der Waals surface area contributed by atoms with Crippen LogP contribution in [0.1, 0.15) is 19.3 Å². The number of nitrogens with zero attached hydrogens (tertiary/aromatic N) is 2. The first-order valence-electron chi connectivity index (χ1n) is 7.05. The van der Waals surface area contributed by atoms with Crippen LogP contribution in [0.4, 0.5) is 0 Å². The van der Waals surface area contributed by atoms with E-state index in [2.05, 4.69) is 32.6 Å². The fraction of sp³-hybridized carbons (Fsp3) is 0.643. The van der Waals surface area contributed by atoms with Crippen LogP contribution < -0.4 is 10.6 Å². The number of hydrogen-bond donors (Lipinski definition) is 2. The van der Waals surface area contributed by atoms with E-state index in [1.807, 2.05) is 12.1 Å². The average Bonchev–Trinajstić information content (AvgIpc) is 3.10. The molecule has 2 N–H and O–H groups in total. The van der Waals surface area contributed by atoms with Gasteiger partial charge in [0.1, 0.15) is 0 Å². The van der Waals surface area contributed by atoms with Gasteiger partial charge in [-0.15, -0.1) is 0 Å². The third kappa shape index (κ3) is 4.95. The molecule has 0 aromatic carbocycles. The maximum absolute atomic E-state index is 5.59. The van der Waals surface area contributed by atoms with Gasteiger partial charge in [-0.05, 0) is 31.4 Å². The maximum Gasteiger partial charge on any atom is 0.191 e. The number of nitrogens with one attached hydrogen (secondary N) is 2. The van der Waals surface area contributed by atoms with E-state index in [-0.39, 0.29) is 0 Å². The van der Waals surface area contributed by atoms with E-state index >= 15 is 0 Å². The second-order valence-electron chi connectivity index (χ2n) is 4.77. The van der Waals surface area contributed by atoms with E-state index < -0.39 is 0 Å². The number of aliphatic imine (C=N–C) groups is 1. The number of guanidine groups is 1. The van der Waals surface area contributed by atoms with Gasteiger partial charge in [0.15, 0.2) is 5.96 Å². The van der Waals surface area contributed by atoms with Crippen molar-refractivity contribution in [2.45, 2.75) is 31.9 Å². The van der Waals surface area contributed by atoms with Crippen LogP contribution in [0.2, 0.25) is 0 Å². The van der Waals surface area contributed by atoms with Gasteiger partial charge in [0, 0.05) is 45.7 Å². The predicted molar refractivity (Wildman–Crippen MR) is 77.4 cm³/mol. The molecule has 106 valence electrons. The number of ether oxygens (including phenoxy) is 1. The fourth-order valence-corrected chi connectivity index (χ4v) is 2.27. The molecule has 1 fully saturated rings. The van der Waals surface area contributed by atoms with Crippen molar-refractivity contribution in [2.75, 3.05) is 26.7 Å². The van der Waals surface area contributed by atoms with Crippen LogP contribution in [-0.2, 0) is 11.3 Å². The van der Waals surface area contributed by atoms with E-state index in [0.717, 1.165) is 38.6 Å². The van der Waals surface area contributed by atoms with E-state index in [9.17, 15) is 0 Å². The molecular formula is C14H24N4O. The van der Waals surface area contributed by atoms with Gasteiger partial charge >= 0.3 is 0 Å². The lowest BCUT2D eigenvalue weighted by molar-refractivity contribution is 0.105. The van der Waals surface area contributed by atoms with Crippen molar-refractivity contribution in [3.8, 4) is 0 Å². The lowest BCUT2D eigenvalue weighted by Gasteiger charge is -2.14. The Morgan fingerprint density at radius 3 is 2.79 bits per heavy atom. The summed E-state index contributed by atoms with van der Waals surface area (Å²) in [6.45, 7) is 3.65. The normalized spacial score (nSPS) is 19.6. The summed E-state index contributed by atoms with van der Waals surface area (Å²) in [4.78, 5) is 4.22. The molecule has 0 aliphatic carbocycles. The molecule has 0 radical (unpaired) electrons. The van der Waals surface area contributed by atoms with E-state index in [0.29, 0.717) is 6.10 Å². The van der Waals surface area contributed by atoms with Crippen LogP contribution in [-0.4, -0.2) is 43.4 Å². The van der Waals surface area contributed by atoms with Crippen molar-refractivity contribution >= 4 is 5.96 Å². The Labute approximate surface area is 115 Å². The summed E-state index contributed by atoms with van der Waals surface area (Å²) in [6, 6.07) is 4.07. The SMILES string of the molecule is CN=C(NCCC1CCCO1)NCCn1cccc1. The van der Waals surface area contributed by atoms with Gasteiger partial charge in [-0.3, -0.25) is 4.99 Å². The molecule has 0 bridgehead atoms. The lowest BCUT2D eigenvalue weighted by Crippen LogP contribution is -2.39. The van der Waals surface area contributed by atoms with Gasteiger partial charge in [0.05, 0.1) is 6.10 Å². The van der Waals surface area contributed by atoms with E-state index in [1.165, 1.54) is 12.8 Å². The molecule has 0 spiro atoms. The Bertz CT molecular complexity index is 369. The Kier molecular flexibility index (Phi) is 5.75. The molecule has 1 saturated heterocycles. The monoisotopic (exact) mass is 264 g/mol. The Balaban J connectivity index is 1.57. The van der Waals surface area contributed by atoms with Crippen molar-refractivity contribution < 1.29 is 4.74 Å². The zero-order chi connectivity index (χ0) is 13.3. The first-order chi connectivity index (χ1) is 9.38. The van der Waals surface area contributed by atoms with Crippen molar-refractivity contribution in [3.63, 3.8) is 0 Å². The van der Waals surface area contributed by atoms with Gasteiger partial charge in [-0.2, -0.15) is 0 Å². The fourth-order valence-electron chi connectivity index (χ4n) is 2.27. The summed E-state index contributed by atoms with van der Waals surface area (Å²) in [5.74, 6) is 0.866. The molecule has 1 aromatic heterocycles. The molecule has 0 saturated carbocycles. The van der Waals surface area contributed by atoms with Crippen LogP contribution in [0.15, 0.2) is 29.5 Å². The standard InChI is InChI=1S/C14H24N4O/c1-15-14(16-7-6-13-5-4-12-19-13)17-8-11-18-9-2-3-10-18/h2-3,9-10,13H,4-8,11-12H2,1H3,(H2,15,16,17). The summed E-state index contributed by atoms with van der Waals surface area (Å²) < 4.78 is 7.74. The van der Waals surface area contributed by atoms with E-state index in [4.69, 9.17) is 4.74 Å². The largest absolute Gasteiger partial charge is 0.378 e. The molecule has 2 rings (SSSR count). The van der Waals surface area contributed by atoms with Crippen LogP contribution in [0, 0.1) is 0 Å². The third-order valence-electron chi connectivity index (χ3n) is 3.33. The minimum atomic E-state index is 0.436. The molecular weight excluding hydrogens is 240 g/mol. The second-order valence-corrected chi connectivity index (χ2v) is 4.77. The molecule has 5 heteroatoms. The van der Waals surface area contributed by atoms with Crippen LogP contribution in [0.25, 0.3) is 0 Å². The first kappa shape index (κ1) is 13.9. The maximum atomic E-state index is 5.59. The van der Waals surface area contributed by atoms with E-state index in [1.54, 1.807) is 7.05 Å². The molecule has 2 heterocycles. The molecule has 1 aliphatic heterocycles. The van der Waals surface area contributed by atoms with Crippen LogP contribution in [0.3, 0.4) is 0 Å². The highest BCUT2D eigenvalue weighted by Crippen LogP contribution is 2.14. The average molecular weight is 264 g/mol. The minimum absolute atomic E-state index is 0.436. The smallest absolute Gasteiger partial charge is 0.191 e. The molecule has 1 aromatic rings. The second kappa shape index (κ2) is 7.84. The van der Waals surface area contributed by atoms with Gasteiger partial charge in [-0.25, -0.2) is 0 Å². The highest BCUT2D eigenvalue weighted by atomic mass is 16.5. The highest BCUT2D eigenvalue weighted by Gasteiger charge is 2.14. The van der Waals surface area contributed by atoms with Gasteiger partial charge in [-0.1, -0.05) is 0 Å². The third-order valence-corrected chi connectivity index (χ3v) is 3.33. The lowest BCUT2D eigenvalue weighted by atomic mass is 10.2. The van der Waals surface area contributed by atoms with Gasteiger partial charge in [0.25, 0.3) is 0 Å². The summed E-state index contributed by atoms with van der Waals surface area (Å²) in [5, 5.41) is 6.64. The number of hydrogen-bond acceptors (Lipinski definition) is 2. The highest BCUT2D eigenvalue weighted by molar-refractivity contribution is 5.79. The van der Waals surface area contributed by atoms with Crippen molar-refractivity contribution in [1.29, 1.82) is 0 Å².